The van der Waals surface area contributed by atoms with Gasteiger partial charge in [-0.2, -0.15) is 0 Å². The fourth-order valence-electron chi connectivity index (χ4n) is 5.57. The molecule has 4 rings (SSSR count). The van der Waals surface area contributed by atoms with E-state index in [9.17, 15) is 4.79 Å². The van der Waals surface area contributed by atoms with Crippen LogP contribution in [0.5, 0.6) is 5.75 Å². The van der Waals surface area contributed by atoms with Crippen molar-refractivity contribution < 1.29 is 14.3 Å². The molecule has 0 unspecified atom stereocenters. The number of methoxy groups -OCH3 is 1. The third kappa shape index (κ3) is 2.39. The van der Waals surface area contributed by atoms with Gasteiger partial charge < -0.3 is 14.4 Å². The number of likely N-dealkylation sites (N-methyl/N-ethyl adjacent to an activating group) is 1. The normalized spacial score (nSPS) is 31.9. The van der Waals surface area contributed by atoms with Gasteiger partial charge in [0.25, 0.3) is 0 Å². The number of esters is 1. The van der Waals surface area contributed by atoms with Crippen LogP contribution in [-0.4, -0.2) is 44.2 Å². The molecule has 3 atom stereocenters. The minimum atomic E-state index is -0.312. The first kappa shape index (κ1) is 16.1. The van der Waals surface area contributed by atoms with Crippen LogP contribution in [0.3, 0.4) is 0 Å². The Morgan fingerprint density at radius 3 is 3.04 bits per heavy atom. The lowest BCUT2D eigenvalue weighted by Gasteiger charge is -2.58. The zero-order chi connectivity index (χ0) is 16.7. The van der Waals surface area contributed by atoms with Gasteiger partial charge in [0.05, 0.1) is 0 Å². The molecule has 2 fully saturated rings. The molecular formula is C20H27NO3. The molecule has 4 heteroatoms. The molecule has 2 aliphatic carbocycles. The van der Waals surface area contributed by atoms with Crippen molar-refractivity contribution in [3.8, 4) is 5.75 Å². The van der Waals surface area contributed by atoms with Crippen LogP contribution < -0.4 is 4.74 Å². The summed E-state index contributed by atoms with van der Waals surface area (Å²) in [4.78, 5) is 14.5. The second-order valence-electron chi connectivity index (χ2n) is 7.70. The lowest BCUT2D eigenvalue weighted by molar-refractivity contribution is -0.138. The van der Waals surface area contributed by atoms with Crippen LogP contribution in [0.1, 0.15) is 43.2 Å². The molecule has 3 aliphatic rings. The number of hydrogen-bond acceptors (Lipinski definition) is 4. The first-order valence-corrected chi connectivity index (χ1v) is 9.18. The first-order valence-electron chi connectivity index (χ1n) is 9.18. The molecule has 130 valence electrons. The summed E-state index contributed by atoms with van der Waals surface area (Å²) in [6, 6.07) is 6.88. The molecule has 1 saturated carbocycles. The Hall–Kier alpha value is -1.39. The molecule has 0 N–H and O–H groups in total. The summed E-state index contributed by atoms with van der Waals surface area (Å²) in [6.07, 6.45) is 7.52. The smallest absolute Gasteiger partial charge is 0.337 e. The Kier molecular flexibility index (Phi) is 4.13. The molecule has 1 aromatic rings. The number of ether oxygens (including phenoxy) is 2. The SMILES string of the molecule is COCC(=O)Oc1cccc2c1C[C@@H]1[C@@H]3CCCC[C@]23CCN1C. The molecule has 1 aliphatic heterocycles. The van der Waals surface area contributed by atoms with Gasteiger partial charge in [0.1, 0.15) is 12.4 Å². The largest absolute Gasteiger partial charge is 0.425 e. The van der Waals surface area contributed by atoms with Gasteiger partial charge in [0.15, 0.2) is 0 Å². The maximum absolute atomic E-state index is 11.9. The van der Waals surface area contributed by atoms with Gasteiger partial charge >= 0.3 is 5.97 Å². The van der Waals surface area contributed by atoms with E-state index < -0.39 is 0 Å². The van der Waals surface area contributed by atoms with Crippen molar-refractivity contribution in [2.45, 2.75) is 50.0 Å². The summed E-state index contributed by atoms with van der Waals surface area (Å²) in [5, 5.41) is 0. The molecule has 0 aromatic heterocycles. The number of rotatable bonds is 3. The van der Waals surface area contributed by atoms with Crippen LogP contribution in [0.2, 0.25) is 0 Å². The topological polar surface area (TPSA) is 38.8 Å². The first-order chi connectivity index (χ1) is 11.7. The highest BCUT2D eigenvalue weighted by molar-refractivity contribution is 5.74. The number of benzene rings is 1. The van der Waals surface area contributed by atoms with Crippen LogP contribution in [-0.2, 0) is 21.4 Å². The molecule has 1 saturated heterocycles. The summed E-state index contributed by atoms with van der Waals surface area (Å²) >= 11 is 0. The zero-order valence-corrected chi connectivity index (χ0v) is 14.7. The van der Waals surface area contributed by atoms with E-state index in [1.54, 1.807) is 0 Å². The Balaban J connectivity index is 1.77. The number of hydrogen-bond donors (Lipinski definition) is 0. The van der Waals surface area contributed by atoms with E-state index in [0.29, 0.717) is 11.5 Å². The van der Waals surface area contributed by atoms with Crippen LogP contribution in [0.4, 0.5) is 0 Å². The monoisotopic (exact) mass is 329 g/mol. The van der Waals surface area contributed by atoms with Crippen molar-refractivity contribution in [1.29, 1.82) is 0 Å². The van der Waals surface area contributed by atoms with Crippen LogP contribution in [0.15, 0.2) is 18.2 Å². The average Bonchev–Trinajstić information content (AvgIpc) is 2.59. The van der Waals surface area contributed by atoms with Crippen LogP contribution in [0.25, 0.3) is 0 Å². The molecule has 1 aromatic carbocycles. The average molecular weight is 329 g/mol. The van der Waals surface area contributed by atoms with Crippen molar-refractivity contribution in [2.24, 2.45) is 5.92 Å². The minimum Gasteiger partial charge on any atom is -0.425 e. The standard InChI is InChI=1S/C20H27NO3/c1-21-11-10-20-9-4-3-6-16(20)17(21)12-14-15(20)7-5-8-18(14)24-19(22)13-23-2/h5,7-8,16-17H,3-4,6,9-13H2,1-2H3/t16-,17+,20-/m0/s1. The molecule has 0 amide bonds. The second-order valence-corrected chi connectivity index (χ2v) is 7.70. The Morgan fingerprint density at radius 1 is 1.33 bits per heavy atom. The summed E-state index contributed by atoms with van der Waals surface area (Å²) in [5.74, 6) is 1.19. The third-order valence-corrected chi connectivity index (χ3v) is 6.61. The molecule has 4 nitrogen and oxygen atoms in total. The maximum Gasteiger partial charge on any atom is 0.337 e. The van der Waals surface area contributed by atoms with Crippen molar-refractivity contribution in [1.82, 2.24) is 4.90 Å². The highest BCUT2D eigenvalue weighted by Crippen LogP contribution is 2.56. The number of likely N-dealkylation sites (tertiary alicyclic amines) is 1. The van der Waals surface area contributed by atoms with Gasteiger partial charge in [0, 0.05) is 24.1 Å². The molecule has 1 heterocycles. The summed E-state index contributed by atoms with van der Waals surface area (Å²) in [7, 11) is 3.78. The maximum atomic E-state index is 11.9. The molecule has 2 bridgehead atoms. The zero-order valence-electron chi connectivity index (χ0n) is 14.7. The van der Waals surface area contributed by atoms with E-state index in [2.05, 4.69) is 24.1 Å². The summed E-state index contributed by atoms with van der Waals surface area (Å²) < 4.78 is 10.6. The van der Waals surface area contributed by atoms with Crippen molar-refractivity contribution in [3.05, 3.63) is 29.3 Å². The van der Waals surface area contributed by atoms with Crippen molar-refractivity contribution >= 4 is 5.97 Å². The fraction of sp³-hybridized carbons (Fsp3) is 0.650. The van der Waals surface area contributed by atoms with Gasteiger partial charge in [-0.3, -0.25) is 0 Å². The lowest BCUT2D eigenvalue weighted by atomic mass is 9.52. The highest BCUT2D eigenvalue weighted by atomic mass is 16.6. The van der Waals surface area contributed by atoms with Crippen LogP contribution in [0, 0.1) is 5.92 Å². The molecule has 24 heavy (non-hydrogen) atoms. The van der Waals surface area contributed by atoms with Crippen LogP contribution >= 0.6 is 0 Å². The quantitative estimate of drug-likeness (QED) is 0.631. The van der Waals surface area contributed by atoms with Gasteiger partial charge in [0.2, 0.25) is 0 Å². The lowest BCUT2D eigenvalue weighted by Crippen LogP contribution is -2.59. The third-order valence-electron chi connectivity index (χ3n) is 6.61. The molecular weight excluding hydrogens is 302 g/mol. The Morgan fingerprint density at radius 2 is 2.21 bits per heavy atom. The minimum absolute atomic E-state index is 0.000761. The number of carbonyl (C=O) groups excluding carboxylic acids is 1. The second kappa shape index (κ2) is 6.16. The molecule has 0 spiro atoms. The molecule has 0 radical (unpaired) electrons. The predicted octanol–water partition coefficient (Wildman–Crippen LogP) is 2.93. The van der Waals surface area contributed by atoms with Gasteiger partial charge in [-0.1, -0.05) is 25.0 Å². The summed E-state index contributed by atoms with van der Waals surface area (Å²) in [6.45, 7) is 1.18. The van der Waals surface area contributed by atoms with Gasteiger partial charge in [-0.25, -0.2) is 4.79 Å². The Labute approximate surface area is 144 Å². The van der Waals surface area contributed by atoms with Gasteiger partial charge in [-0.05, 0) is 56.8 Å². The predicted molar refractivity (Wildman–Crippen MR) is 92.3 cm³/mol. The van der Waals surface area contributed by atoms with E-state index in [-0.39, 0.29) is 12.6 Å². The van der Waals surface area contributed by atoms with Crippen molar-refractivity contribution in [3.63, 3.8) is 0 Å². The number of piperidine rings is 1. The van der Waals surface area contributed by atoms with E-state index in [1.165, 1.54) is 56.9 Å². The fourth-order valence-corrected chi connectivity index (χ4v) is 5.57. The van der Waals surface area contributed by atoms with E-state index in [0.717, 1.165) is 18.1 Å². The van der Waals surface area contributed by atoms with E-state index in [1.807, 2.05) is 6.07 Å². The van der Waals surface area contributed by atoms with Crippen molar-refractivity contribution in [2.75, 3.05) is 27.3 Å². The highest BCUT2D eigenvalue weighted by Gasteiger charge is 2.53. The Bertz CT molecular complexity index is 644. The summed E-state index contributed by atoms with van der Waals surface area (Å²) in [5.41, 5.74) is 3.02. The van der Waals surface area contributed by atoms with E-state index >= 15 is 0 Å². The number of fused-ring (bicyclic) bond motifs is 1. The number of carbonyl (C=O) groups is 1. The number of nitrogens with zero attached hydrogens (tertiary/aromatic N) is 1. The van der Waals surface area contributed by atoms with Gasteiger partial charge in [-0.15, -0.1) is 0 Å². The van der Waals surface area contributed by atoms with E-state index in [4.69, 9.17) is 9.47 Å².